The molecule has 0 heterocycles. The summed E-state index contributed by atoms with van der Waals surface area (Å²) in [6.45, 7) is 4.67. The second kappa shape index (κ2) is 64.4. The molecule has 0 saturated carbocycles. The SMILES string of the molecule is CCCCC/C=C\C/C=C\CCCCCCCCCCCC(=O)OC(COC(=O)CCCCCCCCCCCCCCCCCCCCC)COP(=O)(O)OCC(CO)OC(=O)CCCCCCCCC/C=C\C/C=C\CCCCC. The predicted octanol–water partition coefficient (Wildman–Crippen LogP) is 21.3. The van der Waals surface area contributed by atoms with Crippen LogP contribution in [0.15, 0.2) is 48.6 Å². The van der Waals surface area contributed by atoms with E-state index in [-0.39, 0.29) is 25.9 Å². The highest BCUT2D eigenvalue weighted by Gasteiger charge is 2.28. The van der Waals surface area contributed by atoms with Gasteiger partial charge in [0.15, 0.2) is 6.10 Å². The number of rotatable bonds is 65. The molecule has 0 aromatic carbocycles. The topological polar surface area (TPSA) is 155 Å². The lowest BCUT2D eigenvalue weighted by molar-refractivity contribution is -0.161. The Hall–Kier alpha value is -2.56. The Labute approximate surface area is 504 Å². The normalized spacial score (nSPS) is 13.5. The van der Waals surface area contributed by atoms with Gasteiger partial charge in [-0.25, -0.2) is 4.57 Å². The fraction of sp³-hybridized carbons (Fsp3) is 0.843. The highest BCUT2D eigenvalue weighted by Crippen LogP contribution is 2.43. The lowest BCUT2D eigenvalue weighted by Crippen LogP contribution is -2.30. The second-order valence-corrected chi connectivity index (χ2v) is 24.8. The van der Waals surface area contributed by atoms with Crippen molar-refractivity contribution in [1.82, 2.24) is 0 Å². The number of phosphoric acid groups is 1. The first kappa shape index (κ1) is 79.4. The van der Waals surface area contributed by atoms with Crippen LogP contribution >= 0.6 is 7.82 Å². The van der Waals surface area contributed by atoms with E-state index in [1.54, 1.807) is 0 Å². The molecule has 0 aromatic heterocycles. The molecular weight excluding hydrogens is 1050 g/mol. The van der Waals surface area contributed by atoms with Gasteiger partial charge in [0.1, 0.15) is 12.7 Å². The quantitative estimate of drug-likeness (QED) is 0.0197. The third-order valence-corrected chi connectivity index (χ3v) is 16.2. The van der Waals surface area contributed by atoms with Gasteiger partial charge in [-0.3, -0.25) is 23.4 Å². The molecule has 0 radical (unpaired) electrons. The van der Waals surface area contributed by atoms with E-state index in [1.165, 1.54) is 193 Å². The third kappa shape index (κ3) is 62.0. The van der Waals surface area contributed by atoms with Gasteiger partial charge in [-0.1, -0.05) is 288 Å². The van der Waals surface area contributed by atoms with E-state index in [0.29, 0.717) is 19.3 Å². The number of unbranched alkanes of at least 4 members (excludes halogenated alkanes) is 40. The average Bonchev–Trinajstić information content (AvgIpc) is 3.50. The molecule has 0 aliphatic carbocycles. The standard InChI is InChI=1S/C70H129O11P/c1-4-7-10-13-16-19-22-25-28-31-33-36-38-41-44-47-50-53-56-59-68(72)77-63-67(81-70(74)61-58-55-52-49-46-43-40-37-34-32-29-26-23-20-17-14-11-8-5-2)65-79-82(75,76)78-64-66(62-71)80-69(73)60-57-54-51-48-45-42-39-35-30-27-24-21-18-15-12-9-6-3/h17-18,20-21,26-27,29-30,66-67,71H,4-16,19,22-25,28,31-65H2,1-3H3,(H,75,76)/b20-17-,21-18-,29-26-,30-27-. The van der Waals surface area contributed by atoms with Gasteiger partial charge in [-0.15, -0.1) is 0 Å². The molecule has 0 aromatic rings. The van der Waals surface area contributed by atoms with Crippen molar-refractivity contribution in [1.29, 1.82) is 0 Å². The lowest BCUT2D eigenvalue weighted by Gasteiger charge is -2.21. The fourth-order valence-corrected chi connectivity index (χ4v) is 10.7. The summed E-state index contributed by atoms with van der Waals surface area (Å²) in [5, 5.41) is 9.87. The molecule has 0 saturated heterocycles. The van der Waals surface area contributed by atoms with E-state index >= 15 is 0 Å². The van der Waals surface area contributed by atoms with Crippen molar-refractivity contribution < 1.29 is 52.2 Å². The molecule has 0 fully saturated rings. The van der Waals surface area contributed by atoms with Gasteiger partial charge < -0.3 is 24.2 Å². The lowest BCUT2D eigenvalue weighted by atomic mass is 10.0. The van der Waals surface area contributed by atoms with E-state index in [4.69, 9.17) is 23.3 Å². The molecule has 0 aliphatic rings. The van der Waals surface area contributed by atoms with Gasteiger partial charge in [-0.2, -0.15) is 0 Å². The minimum absolute atomic E-state index is 0.165. The van der Waals surface area contributed by atoms with Crippen molar-refractivity contribution in [3.05, 3.63) is 48.6 Å². The Balaban J connectivity index is 4.66. The fourth-order valence-electron chi connectivity index (χ4n) is 9.95. The molecule has 2 N–H and O–H groups in total. The van der Waals surface area contributed by atoms with Crippen LogP contribution in [-0.2, 0) is 42.2 Å². The third-order valence-electron chi connectivity index (χ3n) is 15.2. The van der Waals surface area contributed by atoms with Crippen molar-refractivity contribution in [2.75, 3.05) is 26.4 Å². The molecule has 0 aliphatic heterocycles. The molecule has 0 rings (SSSR count). The van der Waals surface area contributed by atoms with Gasteiger partial charge in [-0.05, 0) is 83.5 Å². The van der Waals surface area contributed by atoms with E-state index in [9.17, 15) is 28.9 Å². The van der Waals surface area contributed by atoms with Crippen LogP contribution in [0.5, 0.6) is 0 Å². The van der Waals surface area contributed by atoms with E-state index in [0.717, 1.165) is 89.9 Å². The molecule has 11 nitrogen and oxygen atoms in total. The molecule has 3 atom stereocenters. The molecule has 480 valence electrons. The average molecular weight is 1180 g/mol. The second-order valence-electron chi connectivity index (χ2n) is 23.3. The maximum Gasteiger partial charge on any atom is 0.472 e. The summed E-state index contributed by atoms with van der Waals surface area (Å²) in [7, 11) is -4.76. The number of aliphatic hydroxyl groups excluding tert-OH is 1. The van der Waals surface area contributed by atoms with Crippen molar-refractivity contribution >= 4 is 25.7 Å². The van der Waals surface area contributed by atoms with Crippen LogP contribution in [0.1, 0.15) is 342 Å². The summed E-state index contributed by atoms with van der Waals surface area (Å²) in [6, 6.07) is 0. The zero-order chi connectivity index (χ0) is 59.8. The van der Waals surface area contributed by atoms with Gasteiger partial charge in [0.2, 0.25) is 0 Å². The summed E-state index contributed by atoms with van der Waals surface area (Å²) in [6.07, 6.45) is 72.0. The molecule has 12 heteroatoms. The first-order chi connectivity index (χ1) is 40.2. The van der Waals surface area contributed by atoms with Crippen LogP contribution in [0.25, 0.3) is 0 Å². The Morgan fingerprint density at radius 1 is 0.341 bits per heavy atom. The van der Waals surface area contributed by atoms with Crippen molar-refractivity contribution in [2.45, 2.75) is 354 Å². The van der Waals surface area contributed by atoms with Gasteiger partial charge in [0.25, 0.3) is 0 Å². The van der Waals surface area contributed by atoms with Crippen molar-refractivity contribution in [3.63, 3.8) is 0 Å². The Morgan fingerprint density at radius 3 is 0.927 bits per heavy atom. The smallest absolute Gasteiger partial charge is 0.462 e. The monoisotopic (exact) mass is 1180 g/mol. The maximum atomic E-state index is 13.0. The van der Waals surface area contributed by atoms with Crippen LogP contribution in [0.2, 0.25) is 0 Å². The number of phosphoric ester groups is 1. The zero-order valence-corrected chi connectivity index (χ0v) is 54.4. The highest BCUT2D eigenvalue weighted by molar-refractivity contribution is 7.47. The predicted molar refractivity (Wildman–Crippen MR) is 344 cm³/mol. The summed E-state index contributed by atoms with van der Waals surface area (Å²) < 4.78 is 39.8. The number of allylic oxidation sites excluding steroid dienone is 8. The highest BCUT2D eigenvalue weighted by atomic mass is 31.2. The number of hydrogen-bond acceptors (Lipinski definition) is 10. The van der Waals surface area contributed by atoms with Gasteiger partial charge in [0.05, 0.1) is 19.8 Å². The largest absolute Gasteiger partial charge is 0.472 e. The minimum atomic E-state index is -4.76. The van der Waals surface area contributed by atoms with Crippen LogP contribution < -0.4 is 0 Å². The van der Waals surface area contributed by atoms with Crippen LogP contribution in [-0.4, -0.2) is 66.5 Å². The number of hydrogen-bond donors (Lipinski definition) is 2. The summed E-state index contributed by atoms with van der Waals surface area (Å²) in [5.41, 5.74) is 0. The molecule has 82 heavy (non-hydrogen) atoms. The van der Waals surface area contributed by atoms with Gasteiger partial charge in [0, 0.05) is 19.3 Å². The summed E-state index contributed by atoms with van der Waals surface area (Å²) in [5.74, 6) is -1.45. The van der Waals surface area contributed by atoms with Crippen LogP contribution in [0.3, 0.4) is 0 Å². The maximum absolute atomic E-state index is 13.0. The Kier molecular flexibility index (Phi) is 62.4. The van der Waals surface area contributed by atoms with Gasteiger partial charge >= 0.3 is 25.7 Å². The van der Waals surface area contributed by atoms with E-state index in [2.05, 4.69) is 69.4 Å². The number of carbonyl (C=O) groups is 3. The van der Waals surface area contributed by atoms with Crippen molar-refractivity contribution in [3.8, 4) is 0 Å². The molecule has 0 amide bonds. The Bertz CT molecular complexity index is 1560. The van der Waals surface area contributed by atoms with Crippen LogP contribution in [0, 0.1) is 0 Å². The first-order valence-corrected chi connectivity index (χ1v) is 36.0. The van der Waals surface area contributed by atoms with E-state index < -0.39 is 57.8 Å². The number of carbonyl (C=O) groups excluding carboxylic acids is 3. The number of esters is 3. The first-order valence-electron chi connectivity index (χ1n) is 34.5. The Morgan fingerprint density at radius 2 is 0.598 bits per heavy atom. The van der Waals surface area contributed by atoms with Crippen molar-refractivity contribution in [2.24, 2.45) is 0 Å². The molecule has 0 bridgehead atoms. The summed E-state index contributed by atoms with van der Waals surface area (Å²) >= 11 is 0. The zero-order valence-electron chi connectivity index (χ0n) is 53.5. The number of ether oxygens (including phenoxy) is 3. The number of aliphatic hydroxyl groups is 1. The molecular formula is C70H129O11P. The molecule has 0 spiro atoms. The summed E-state index contributed by atoms with van der Waals surface area (Å²) in [4.78, 5) is 48.9. The van der Waals surface area contributed by atoms with Crippen LogP contribution in [0.4, 0.5) is 0 Å². The van der Waals surface area contributed by atoms with E-state index in [1.807, 2.05) is 0 Å². The molecule has 3 unspecified atom stereocenters. The minimum Gasteiger partial charge on any atom is -0.462 e.